The van der Waals surface area contributed by atoms with E-state index in [1.165, 1.54) is 5.56 Å². The third-order valence-corrected chi connectivity index (χ3v) is 4.92. The quantitative estimate of drug-likeness (QED) is 0.497. The molecule has 28 heavy (non-hydrogen) atoms. The lowest BCUT2D eigenvalue weighted by atomic mass is 10.1. The number of aromatic carboxylic acids is 1. The molecule has 0 spiro atoms. The topological polar surface area (TPSA) is 67.4 Å². The van der Waals surface area contributed by atoms with Gasteiger partial charge in [-0.15, -0.1) is 0 Å². The Morgan fingerprint density at radius 1 is 1.04 bits per heavy atom. The first-order chi connectivity index (χ1) is 13.6. The minimum atomic E-state index is -0.918. The van der Waals surface area contributed by atoms with E-state index in [9.17, 15) is 9.90 Å². The molecular formula is C23H22N2O3. The van der Waals surface area contributed by atoms with Crippen LogP contribution in [0.25, 0.3) is 10.9 Å². The Labute approximate surface area is 163 Å². The summed E-state index contributed by atoms with van der Waals surface area (Å²) >= 11 is 0. The first-order valence-electron chi connectivity index (χ1n) is 9.25. The van der Waals surface area contributed by atoms with E-state index in [2.05, 4.69) is 5.32 Å². The van der Waals surface area contributed by atoms with Crippen LogP contribution in [0, 0.1) is 6.92 Å². The van der Waals surface area contributed by atoms with E-state index in [-0.39, 0.29) is 0 Å². The van der Waals surface area contributed by atoms with Crippen LogP contribution in [0.15, 0.2) is 71.3 Å². The molecule has 0 aliphatic rings. The molecule has 0 saturated carbocycles. The molecule has 2 aromatic carbocycles. The third-order valence-electron chi connectivity index (χ3n) is 4.92. The zero-order valence-electron chi connectivity index (χ0n) is 15.7. The van der Waals surface area contributed by atoms with Crippen LogP contribution in [0.4, 0.5) is 0 Å². The van der Waals surface area contributed by atoms with Crippen LogP contribution in [0.3, 0.4) is 0 Å². The van der Waals surface area contributed by atoms with E-state index < -0.39 is 5.97 Å². The summed E-state index contributed by atoms with van der Waals surface area (Å²) in [6.07, 6.45) is 1.63. The summed E-state index contributed by atoms with van der Waals surface area (Å²) in [5.74, 6) is -0.0987. The Morgan fingerprint density at radius 2 is 1.82 bits per heavy atom. The highest BCUT2D eigenvalue weighted by Gasteiger charge is 2.22. The fourth-order valence-electron chi connectivity index (χ4n) is 3.56. The minimum absolute atomic E-state index is 0.328. The van der Waals surface area contributed by atoms with Crippen molar-refractivity contribution in [1.29, 1.82) is 0 Å². The van der Waals surface area contributed by atoms with Crippen LogP contribution in [-0.2, 0) is 19.6 Å². The predicted octanol–water partition coefficient (Wildman–Crippen LogP) is 4.58. The van der Waals surface area contributed by atoms with Gasteiger partial charge in [-0.3, -0.25) is 0 Å². The molecule has 0 saturated heterocycles. The summed E-state index contributed by atoms with van der Waals surface area (Å²) in [4.78, 5) is 12.2. The van der Waals surface area contributed by atoms with Gasteiger partial charge in [0.05, 0.1) is 12.8 Å². The third kappa shape index (κ3) is 3.57. The van der Waals surface area contributed by atoms with Gasteiger partial charge in [0.25, 0.3) is 0 Å². The van der Waals surface area contributed by atoms with Gasteiger partial charge >= 0.3 is 5.97 Å². The summed E-state index contributed by atoms with van der Waals surface area (Å²) in [7, 11) is 0. The number of nitrogens with zero attached hydrogens (tertiary/aromatic N) is 1. The summed E-state index contributed by atoms with van der Waals surface area (Å²) in [5, 5.41) is 14.2. The maximum atomic E-state index is 12.2. The van der Waals surface area contributed by atoms with E-state index in [1.807, 2.05) is 72.2 Å². The number of nitrogens with one attached hydrogen (secondary N) is 1. The van der Waals surface area contributed by atoms with Crippen LogP contribution in [-0.4, -0.2) is 15.6 Å². The fourth-order valence-corrected chi connectivity index (χ4v) is 3.56. The predicted molar refractivity (Wildman–Crippen MR) is 108 cm³/mol. The van der Waals surface area contributed by atoms with Crippen molar-refractivity contribution < 1.29 is 14.3 Å². The molecule has 5 nitrogen and oxygen atoms in total. The molecule has 0 aliphatic carbocycles. The Bertz CT molecular complexity index is 1090. The number of hydrogen-bond acceptors (Lipinski definition) is 3. The van der Waals surface area contributed by atoms with Crippen molar-refractivity contribution in [2.24, 2.45) is 0 Å². The lowest BCUT2D eigenvalue weighted by molar-refractivity contribution is 0.0685. The number of hydrogen-bond donors (Lipinski definition) is 2. The average Bonchev–Trinajstić information content (AvgIpc) is 3.31. The number of benzene rings is 2. The van der Waals surface area contributed by atoms with Crippen LogP contribution in [0.5, 0.6) is 0 Å². The van der Waals surface area contributed by atoms with Gasteiger partial charge in [0.2, 0.25) is 0 Å². The van der Waals surface area contributed by atoms with Gasteiger partial charge in [0, 0.05) is 29.6 Å². The van der Waals surface area contributed by atoms with Gasteiger partial charge in [0.1, 0.15) is 11.5 Å². The standard InChI is InChI=1S/C23H22N2O3/c1-16-8-10-17(11-9-16)15-25-21-7-3-2-6-19(21)20(22(25)23(26)27)14-24-13-18-5-4-12-28-18/h2-12,24H,13-15H2,1H3,(H,26,27). The zero-order valence-corrected chi connectivity index (χ0v) is 15.7. The van der Waals surface area contributed by atoms with Crippen molar-refractivity contribution in [2.45, 2.75) is 26.6 Å². The minimum Gasteiger partial charge on any atom is -0.477 e. The average molecular weight is 374 g/mol. The van der Waals surface area contributed by atoms with Crippen molar-refractivity contribution in [3.63, 3.8) is 0 Å². The van der Waals surface area contributed by atoms with E-state index in [1.54, 1.807) is 6.26 Å². The first-order valence-corrected chi connectivity index (χ1v) is 9.25. The number of para-hydroxylation sites is 1. The summed E-state index contributed by atoms with van der Waals surface area (Å²) < 4.78 is 7.24. The number of carbonyl (C=O) groups is 1. The molecule has 2 aromatic heterocycles. The van der Waals surface area contributed by atoms with Gasteiger partial charge in [-0.1, -0.05) is 48.0 Å². The molecule has 0 fully saturated rings. The van der Waals surface area contributed by atoms with Crippen LogP contribution >= 0.6 is 0 Å². The molecule has 0 amide bonds. The molecule has 4 rings (SSSR count). The zero-order chi connectivity index (χ0) is 19.5. The molecule has 0 unspecified atom stereocenters. The van der Waals surface area contributed by atoms with Crippen molar-refractivity contribution >= 4 is 16.9 Å². The van der Waals surface area contributed by atoms with E-state index in [0.717, 1.165) is 27.8 Å². The SMILES string of the molecule is Cc1ccc(Cn2c(C(=O)O)c(CNCc3ccco3)c3ccccc32)cc1. The largest absolute Gasteiger partial charge is 0.477 e. The van der Waals surface area contributed by atoms with Gasteiger partial charge < -0.3 is 19.4 Å². The second kappa shape index (κ2) is 7.74. The van der Waals surface area contributed by atoms with Crippen molar-refractivity contribution in [3.8, 4) is 0 Å². The highest BCUT2D eigenvalue weighted by atomic mass is 16.4. The first kappa shape index (κ1) is 18.1. The number of aryl methyl sites for hydroxylation is 1. The highest BCUT2D eigenvalue weighted by Crippen LogP contribution is 2.27. The normalized spacial score (nSPS) is 11.2. The van der Waals surface area contributed by atoms with E-state index in [4.69, 9.17) is 4.42 Å². The molecule has 5 heteroatoms. The fraction of sp³-hybridized carbons (Fsp3) is 0.174. The Kier molecular flexibility index (Phi) is 5.00. The van der Waals surface area contributed by atoms with Crippen molar-refractivity contribution in [1.82, 2.24) is 9.88 Å². The molecule has 142 valence electrons. The molecule has 0 atom stereocenters. The van der Waals surface area contributed by atoms with Crippen molar-refractivity contribution in [2.75, 3.05) is 0 Å². The number of carboxylic acid groups (broad SMARTS) is 1. The molecule has 4 aromatic rings. The molecule has 0 bridgehead atoms. The van der Waals surface area contributed by atoms with Crippen LogP contribution in [0.2, 0.25) is 0 Å². The molecule has 2 heterocycles. The molecule has 0 radical (unpaired) electrons. The molecular weight excluding hydrogens is 352 g/mol. The maximum absolute atomic E-state index is 12.2. The number of furan rings is 1. The summed E-state index contributed by atoms with van der Waals surface area (Å²) in [5.41, 5.74) is 4.30. The van der Waals surface area contributed by atoms with E-state index in [0.29, 0.717) is 25.3 Å². The molecule has 2 N–H and O–H groups in total. The van der Waals surface area contributed by atoms with E-state index >= 15 is 0 Å². The Morgan fingerprint density at radius 3 is 2.54 bits per heavy atom. The lowest BCUT2D eigenvalue weighted by Gasteiger charge is -2.10. The summed E-state index contributed by atoms with van der Waals surface area (Å²) in [6, 6.07) is 19.8. The second-order valence-electron chi connectivity index (χ2n) is 6.90. The van der Waals surface area contributed by atoms with Crippen molar-refractivity contribution in [3.05, 3.63) is 95.1 Å². The van der Waals surface area contributed by atoms with Gasteiger partial charge in [-0.2, -0.15) is 0 Å². The van der Waals surface area contributed by atoms with Gasteiger partial charge in [-0.25, -0.2) is 4.79 Å². The Hall–Kier alpha value is -3.31. The number of carboxylic acids is 1. The second-order valence-corrected chi connectivity index (χ2v) is 6.90. The smallest absolute Gasteiger partial charge is 0.352 e. The number of aromatic nitrogens is 1. The monoisotopic (exact) mass is 374 g/mol. The van der Waals surface area contributed by atoms with Gasteiger partial charge in [0.15, 0.2) is 0 Å². The Balaban J connectivity index is 1.72. The lowest BCUT2D eigenvalue weighted by Crippen LogP contribution is -2.17. The number of fused-ring (bicyclic) bond motifs is 1. The maximum Gasteiger partial charge on any atom is 0.352 e. The highest BCUT2D eigenvalue weighted by molar-refractivity contribution is 5.98. The summed E-state index contributed by atoms with van der Waals surface area (Å²) in [6.45, 7) is 3.55. The van der Waals surface area contributed by atoms with Crippen LogP contribution in [0.1, 0.15) is 32.9 Å². The molecule has 0 aliphatic heterocycles. The van der Waals surface area contributed by atoms with Crippen LogP contribution < -0.4 is 5.32 Å². The van der Waals surface area contributed by atoms with Gasteiger partial charge in [-0.05, 0) is 30.7 Å². The number of rotatable bonds is 7.